The Bertz CT molecular complexity index is 1630. The van der Waals surface area contributed by atoms with Crippen molar-refractivity contribution in [1.82, 2.24) is 0 Å². The van der Waals surface area contributed by atoms with Crippen LogP contribution < -0.4 is 15.4 Å². The Morgan fingerprint density at radius 1 is 1.10 bits per heavy atom. The quantitative estimate of drug-likeness (QED) is 0.350. The van der Waals surface area contributed by atoms with Gasteiger partial charge in [0.1, 0.15) is 24.0 Å². The van der Waals surface area contributed by atoms with Crippen molar-refractivity contribution < 1.29 is 13.9 Å². The van der Waals surface area contributed by atoms with Crippen LogP contribution >= 0.6 is 11.6 Å². The largest absolute Gasteiger partial charge is 0.487 e. The lowest BCUT2D eigenvalue weighted by Crippen LogP contribution is -2.42. The molecule has 2 aliphatic rings. The molecule has 5 nitrogen and oxygen atoms in total. The molecule has 5 rings (SSSR count). The molecule has 3 aromatic carbocycles. The van der Waals surface area contributed by atoms with E-state index in [-0.39, 0.29) is 34.9 Å². The highest BCUT2D eigenvalue weighted by atomic mass is 35.5. The summed E-state index contributed by atoms with van der Waals surface area (Å²) in [4.78, 5) is 15.5. The van der Waals surface area contributed by atoms with Crippen molar-refractivity contribution in [3.63, 3.8) is 0 Å². The molecular formula is C33H31ClFN3O2. The summed E-state index contributed by atoms with van der Waals surface area (Å²) < 4.78 is 21.2. The second-order valence-corrected chi connectivity index (χ2v) is 11.7. The van der Waals surface area contributed by atoms with Crippen molar-refractivity contribution in [3.05, 3.63) is 116 Å². The second kappa shape index (κ2) is 10.5. The zero-order chi connectivity index (χ0) is 28.8. The second-order valence-electron chi connectivity index (χ2n) is 11.3. The van der Waals surface area contributed by atoms with Gasteiger partial charge in [-0.3, -0.25) is 9.69 Å². The van der Waals surface area contributed by atoms with Crippen LogP contribution in [0.4, 0.5) is 10.1 Å². The Kier molecular flexibility index (Phi) is 7.20. The van der Waals surface area contributed by atoms with Crippen molar-refractivity contribution in [2.45, 2.75) is 53.1 Å². The summed E-state index contributed by atoms with van der Waals surface area (Å²) in [6.07, 6.45) is 0.825. The van der Waals surface area contributed by atoms with E-state index in [4.69, 9.17) is 22.1 Å². The molecule has 0 saturated heterocycles. The van der Waals surface area contributed by atoms with E-state index in [1.807, 2.05) is 58.0 Å². The molecule has 3 aromatic rings. The molecule has 0 spiro atoms. The predicted octanol–water partition coefficient (Wildman–Crippen LogP) is 7.62. The number of halogens is 2. The van der Waals surface area contributed by atoms with E-state index in [0.717, 1.165) is 22.3 Å². The van der Waals surface area contributed by atoms with Crippen LogP contribution in [0.15, 0.2) is 83.3 Å². The number of nitrogens with two attached hydrogens (primary N) is 1. The number of nitriles is 1. The Labute approximate surface area is 239 Å². The van der Waals surface area contributed by atoms with Gasteiger partial charge in [-0.25, -0.2) is 4.39 Å². The molecule has 1 aliphatic carbocycles. The minimum Gasteiger partial charge on any atom is -0.487 e. The highest BCUT2D eigenvalue weighted by Gasteiger charge is 2.45. The number of nitrogens with zero attached hydrogens (tertiary/aromatic N) is 2. The third-order valence-corrected chi connectivity index (χ3v) is 8.04. The Balaban J connectivity index is 1.68. The number of benzene rings is 3. The fraction of sp³-hybridized carbons (Fsp3) is 0.273. The number of anilines is 1. The normalized spacial score (nSPS) is 18.5. The third-order valence-electron chi connectivity index (χ3n) is 7.73. The number of para-hydroxylation sites is 2. The summed E-state index contributed by atoms with van der Waals surface area (Å²) in [6.45, 7) is 8.25. The van der Waals surface area contributed by atoms with Gasteiger partial charge in [0, 0.05) is 17.7 Å². The molecule has 1 heterocycles. The first-order chi connectivity index (χ1) is 19.0. The number of Topliss-reactive ketones (excluding diaryl/α,β-unsaturated/α-hetero) is 1. The van der Waals surface area contributed by atoms with Crippen LogP contribution in [0.2, 0.25) is 5.02 Å². The maximum absolute atomic E-state index is 15.1. The first-order valence-corrected chi connectivity index (χ1v) is 13.6. The third kappa shape index (κ3) is 4.87. The van der Waals surface area contributed by atoms with Crippen LogP contribution in [0, 0.1) is 36.4 Å². The fourth-order valence-corrected chi connectivity index (χ4v) is 6.02. The molecule has 204 valence electrons. The van der Waals surface area contributed by atoms with Crippen LogP contribution in [0.1, 0.15) is 54.9 Å². The number of ether oxygens (including phenoxy) is 1. The smallest absolute Gasteiger partial charge is 0.162 e. The Hall–Kier alpha value is -4.08. The van der Waals surface area contributed by atoms with Crippen molar-refractivity contribution in [2.75, 3.05) is 4.90 Å². The van der Waals surface area contributed by atoms with Gasteiger partial charge < -0.3 is 10.5 Å². The minimum absolute atomic E-state index is 0.0633. The van der Waals surface area contributed by atoms with E-state index in [9.17, 15) is 10.1 Å². The monoisotopic (exact) mass is 555 g/mol. The molecular weight excluding hydrogens is 525 g/mol. The zero-order valence-electron chi connectivity index (χ0n) is 23.0. The summed E-state index contributed by atoms with van der Waals surface area (Å²) in [5.74, 6) is -0.511. The number of hydrogen-bond acceptors (Lipinski definition) is 5. The standard InChI is InChI=1S/C33H31ClFN3O2/c1-19-13-20(2)22(14-21(19)18-40-29-12-8-5-9-24(29)34)30-23(17-36)32(37)38(26-11-7-6-10-25(26)35)27-15-33(3,4)16-28(39)31(27)30/h5-14,30H,15-16,18,37H2,1-4H3. The maximum Gasteiger partial charge on any atom is 0.162 e. The van der Waals surface area contributed by atoms with Gasteiger partial charge >= 0.3 is 0 Å². The van der Waals surface area contributed by atoms with Crippen LogP contribution in [0.25, 0.3) is 0 Å². The molecule has 0 amide bonds. The summed E-state index contributed by atoms with van der Waals surface area (Å²) in [6, 6.07) is 19.9. The average Bonchev–Trinajstić information content (AvgIpc) is 2.89. The van der Waals surface area contributed by atoms with Crippen molar-refractivity contribution in [2.24, 2.45) is 11.1 Å². The van der Waals surface area contributed by atoms with Gasteiger partial charge in [0.25, 0.3) is 0 Å². The topological polar surface area (TPSA) is 79.4 Å². The highest BCUT2D eigenvalue weighted by molar-refractivity contribution is 6.32. The number of carbonyl (C=O) groups is 1. The van der Waals surface area contributed by atoms with Gasteiger partial charge in [-0.1, -0.05) is 61.8 Å². The highest BCUT2D eigenvalue weighted by Crippen LogP contribution is 2.51. The van der Waals surface area contributed by atoms with E-state index in [1.165, 1.54) is 6.07 Å². The van der Waals surface area contributed by atoms with Crippen molar-refractivity contribution in [3.8, 4) is 11.8 Å². The van der Waals surface area contributed by atoms with Crippen molar-refractivity contribution in [1.29, 1.82) is 5.26 Å². The molecule has 7 heteroatoms. The van der Waals surface area contributed by atoms with Crippen LogP contribution in [-0.2, 0) is 11.4 Å². The van der Waals surface area contributed by atoms with Gasteiger partial charge in [0.15, 0.2) is 5.78 Å². The molecule has 0 radical (unpaired) electrons. The first-order valence-electron chi connectivity index (χ1n) is 13.2. The number of rotatable bonds is 5. The lowest BCUT2D eigenvalue weighted by Gasteiger charge is -2.44. The molecule has 0 aromatic heterocycles. The van der Waals surface area contributed by atoms with E-state index in [0.29, 0.717) is 34.9 Å². The predicted molar refractivity (Wildman–Crippen MR) is 155 cm³/mol. The molecule has 1 aliphatic heterocycles. The van der Waals surface area contributed by atoms with Gasteiger partial charge in [-0.05, 0) is 72.2 Å². The van der Waals surface area contributed by atoms with Gasteiger partial charge in [-0.2, -0.15) is 5.26 Å². The number of aryl methyl sites for hydroxylation is 2. The summed E-state index contributed by atoms with van der Waals surface area (Å²) in [5.41, 5.74) is 11.6. The van der Waals surface area contributed by atoms with E-state index in [2.05, 4.69) is 6.07 Å². The molecule has 0 bridgehead atoms. The van der Waals surface area contributed by atoms with Crippen LogP contribution in [0.3, 0.4) is 0 Å². The van der Waals surface area contributed by atoms with E-state index < -0.39 is 11.7 Å². The number of ketones is 1. The summed E-state index contributed by atoms with van der Waals surface area (Å²) in [7, 11) is 0. The fourth-order valence-electron chi connectivity index (χ4n) is 5.83. The van der Waals surface area contributed by atoms with Gasteiger partial charge in [0.05, 0.1) is 28.3 Å². The Morgan fingerprint density at radius 3 is 2.50 bits per heavy atom. The van der Waals surface area contributed by atoms with Crippen molar-refractivity contribution >= 4 is 23.1 Å². The minimum atomic E-state index is -0.675. The van der Waals surface area contributed by atoms with E-state index >= 15 is 4.39 Å². The van der Waals surface area contributed by atoms with Gasteiger partial charge in [-0.15, -0.1) is 0 Å². The summed E-state index contributed by atoms with van der Waals surface area (Å²) >= 11 is 6.30. The Morgan fingerprint density at radius 2 is 1.80 bits per heavy atom. The number of hydrogen-bond donors (Lipinski definition) is 1. The number of carbonyl (C=O) groups excluding carboxylic acids is 1. The molecule has 0 fully saturated rings. The average molecular weight is 556 g/mol. The molecule has 40 heavy (non-hydrogen) atoms. The zero-order valence-corrected chi connectivity index (χ0v) is 23.8. The maximum atomic E-state index is 15.1. The molecule has 1 unspecified atom stereocenters. The van der Waals surface area contributed by atoms with Crippen LogP contribution in [-0.4, -0.2) is 5.78 Å². The number of allylic oxidation sites excluding steroid dienone is 3. The van der Waals surface area contributed by atoms with Gasteiger partial charge in [0.2, 0.25) is 0 Å². The summed E-state index contributed by atoms with van der Waals surface area (Å²) in [5, 5.41) is 10.9. The first kappa shape index (κ1) is 27.5. The lowest BCUT2D eigenvalue weighted by molar-refractivity contribution is -0.118. The molecule has 0 saturated carbocycles. The molecule has 1 atom stereocenters. The lowest BCUT2D eigenvalue weighted by atomic mass is 9.68. The van der Waals surface area contributed by atoms with E-state index in [1.54, 1.807) is 29.2 Å². The van der Waals surface area contributed by atoms with Crippen LogP contribution in [0.5, 0.6) is 5.75 Å². The SMILES string of the molecule is Cc1cc(C)c(C2C(C#N)=C(N)N(c3ccccc3F)C3=C2C(=O)CC(C)(C)C3)cc1COc1ccccc1Cl. The molecule has 2 N–H and O–H groups in total.